The van der Waals surface area contributed by atoms with Gasteiger partial charge >= 0.3 is 0 Å². The largest absolute Gasteiger partial charge is 0.493 e. The van der Waals surface area contributed by atoms with E-state index in [2.05, 4.69) is 19.9 Å². The number of hydrogen-bond acceptors (Lipinski definition) is 5. The third-order valence-corrected chi connectivity index (χ3v) is 8.25. The average Bonchev–Trinajstić information content (AvgIpc) is 2.82. The molecule has 0 bridgehead atoms. The molecule has 0 aromatic heterocycles. The molecule has 7 heteroatoms. The molecule has 0 spiro atoms. The first-order valence-corrected chi connectivity index (χ1v) is 12.9. The molecule has 174 valence electrons. The lowest BCUT2D eigenvalue weighted by atomic mass is 9.93. The molecule has 2 heterocycles. The minimum absolute atomic E-state index is 0.180. The van der Waals surface area contributed by atoms with Gasteiger partial charge in [-0.1, -0.05) is 26.0 Å². The molecular weight excluding hydrogens is 426 g/mol. The second-order valence-corrected chi connectivity index (χ2v) is 10.8. The van der Waals surface area contributed by atoms with Gasteiger partial charge in [-0.2, -0.15) is 0 Å². The lowest BCUT2D eigenvalue weighted by Gasteiger charge is -2.34. The first kappa shape index (κ1) is 23.1. The van der Waals surface area contributed by atoms with Crippen molar-refractivity contribution in [2.45, 2.75) is 51.0 Å². The molecule has 2 aromatic rings. The molecule has 1 unspecified atom stereocenters. The molecule has 6 nitrogen and oxygen atoms in total. The van der Waals surface area contributed by atoms with Crippen LogP contribution in [-0.2, 0) is 34.2 Å². The van der Waals surface area contributed by atoms with Crippen molar-refractivity contribution in [3.8, 4) is 5.75 Å². The van der Waals surface area contributed by atoms with E-state index in [0.29, 0.717) is 30.4 Å². The fourth-order valence-electron chi connectivity index (χ4n) is 4.54. The van der Waals surface area contributed by atoms with Crippen LogP contribution in [0.2, 0.25) is 0 Å². The van der Waals surface area contributed by atoms with Crippen LogP contribution in [0.4, 0.5) is 5.69 Å². The number of anilines is 1. The van der Waals surface area contributed by atoms with Crippen molar-refractivity contribution in [3.05, 3.63) is 53.1 Å². The summed E-state index contributed by atoms with van der Waals surface area (Å²) in [6, 6.07) is 10.9. The maximum absolute atomic E-state index is 13.6. The fourth-order valence-corrected chi connectivity index (χ4v) is 6.22. The molecule has 4 rings (SSSR count). The van der Waals surface area contributed by atoms with Gasteiger partial charge in [0.2, 0.25) is 0 Å². The van der Waals surface area contributed by atoms with Gasteiger partial charge in [0.1, 0.15) is 5.75 Å². The Balaban J connectivity index is 1.60. The molecule has 1 N–H and O–H groups in total. The molecule has 1 fully saturated rings. The van der Waals surface area contributed by atoms with E-state index in [0.717, 1.165) is 50.1 Å². The monoisotopic (exact) mass is 459 g/mol. The van der Waals surface area contributed by atoms with E-state index in [1.165, 1.54) is 9.87 Å². The quantitative estimate of drug-likeness (QED) is 0.679. The van der Waals surface area contributed by atoms with E-state index in [-0.39, 0.29) is 17.4 Å². The molecule has 1 saturated heterocycles. The van der Waals surface area contributed by atoms with Crippen LogP contribution in [0.5, 0.6) is 5.75 Å². The normalized spacial score (nSPS) is 19.6. The number of sulfonamides is 1. The third-order valence-electron chi connectivity index (χ3n) is 6.47. The van der Waals surface area contributed by atoms with Crippen LogP contribution in [0.1, 0.15) is 43.4 Å². The Hall–Kier alpha value is -2.09. The van der Waals surface area contributed by atoms with Gasteiger partial charge in [-0.15, -0.1) is 0 Å². The molecular formula is C25H33NO5S. The first-order chi connectivity index (χ1) is 15.4. The number of ether oxygens (including phenoxy) is 2. The van der Waals surface area contributed by atoms with E-state index in [4.69, 9.17) is 9.47 Å². The summed E-state index contributed by atoms with van der Waals surface area (Å²) in [5, 5.41) is 9.90. The SMILES string of the molecule is CCc1ccc2c(c1)CC(C)CN2S(=O)(=O)c1ccc(OCC2CCOCC2)c(CO)c1. The van der Waals surface area contributed by atoms with E-state index in [9.17, 15) is 13.5 Å². The van der Waals surface area contributed by atoms with E-state index >= 15 is 0 Å². The number of rotatable bonds is 7. The van der Waals surface area contributed by atoms with E-state index in [1.54, 1.807) is 18.2 Å². The Morgan fingerprint density at radius 2 is 1.94 bits per heavy atom. The molecule has 2 aliphatic rings. The Bertz CT molecular complexity index is 1050. The molecule has 0 aliphatic carbocycles. The fraction of sp³-hybridized carbons (Fsp3) is 0.520. The van der Waals surface area contributed by atoms with Crippen molar-refractivity contribution in [1.82, 2.24) is 0 Å². The zero-order valence-electron chi connectivity index (χ0n) is 18.9. The van der Waals surface area contributed by atoms with Gasteiger partial charge in [0, 0.05) is 25.3 Å². The number of hydrogen-bond donors (Lipinski definition) is 1. The Labute approximate surface area is 191 Å². The van der Waals surface area contributed by atoms with Gasteiger partial charge in [-0.25, -0.2) is 8.42 Å². The molecule has 0 amide bonds. The van der Waals surface area contributed by atoms with Gasteiger partial charge in [0.05, 0.1) is 23.8 Å². The van der Waals surface area contributed by atoms with Crippen molar-refractivity contribution < 1.29 is 23.0 Å². The molecule has 0 saturated carbocycles. The highest BCUT2D eigenvalue weighted by molar-refractivity contribution is 7.92. The Morgan fingerprint density at radius 1 is 1.16 bits per heavy atom. The first-order valence-electron chi connectivity index (χ1n) is 11.5. The second kappa shape index (κ2) is 9.81. The number of fused-ring (bicyclic) bond motifs is 1. The predicted molar refractivity (Wildman–Crippen MR) is 125 cm³/mol. The van der Waals surface area contributed by atoms with Crippen molar-refractivity contribution >= 4 is 15.7 Å². The summed E-state index contributed by atoms with van der Waals surface area (Å²) < 4.78 is 40.1. The summed E-state index contributed by atoms with van der Waals surface area (Å²) in [6.07, 6.45) is 3.69. The van der Waals surface area contributed by atoms with Crippen LogP contribution in [0, 0.1) is 11.8 Å². The molecule has 0 radical (unpaired) electrons. The van der Waals surface area contributed by atoms with E-state index < -0.39 is 10.0 Å². The standard InChI is InChI=1S/C25H33NO5S/c1-3-19-4-6-24-21(13-19)12-18(2)15-26(24)32(28,29)23-5-7-25(22(14-23)16-27)31-17-20-8-10-30-11-9-20/h4-7,13-14,18,20,27H,3,8-12,15-17H2,1-2H3. The van der Waals surface area contributed by atoms with Crippen LogP contribution < -0.4 is 9.04 Å². The van der Waals surface area contributed by atoms with Gasteiger partial charge in [-0.3, -0.25) is 4.31 Å². The molecule has 1 atom stereocenters. The van der Waals surface area contributed by atoms with Crippen molar-refractivity contribution in [2.24, 2.45) is 11.8 Å². The van der Waals surface area contributed by atoms with Crippen LogP contribution >= 0.6 is 0 Å². The number of benzene rings is 2. The van der Waals surface area contributed by atoms with Crippen LogP contribution in [0.15, 0.2) is 41.3 Å². The third kappa shape index (κ3) is 4.80. The molecule has 32 heavy (non-hydrogen) atoms. The lowest BCUT2D eigenvalue weighted by Crippen LogP contribution is -2.39. The number of nitrogens with zero attached hydrogens (tertiary/aromatic N) is 1. The predicted octanol–water partition coefficient (Wildman–Crippen LogP) is 3.93. The smallest absolute Gasteiger partial charge is 0.264 e. The topological polar surface area (TPSA) is 76.1 Å². The zero-order chi connectivity index (χ0) is 22.7. The van der Waals surface area contributed by atoms with Gasteiger partial charge in [-0.05, 0) is 72.9 Å². The highest BCUT2D eigenvalue weighted by Gasteiger charge is 2.32. The summed E-state index contributed by atoms with van der Waals surface area (Å²) in [4.78, 5) is 0.180. The highest BCUT2D eigenvalue weighted by Crippen LogP contribution is 2.36. The van der Waals surface area contributed by atoms with Crippen molar-refractivity contribution in [1.29, 1.82) is 0 Å². The second-order valence-electron chi connectivity index (χ2n) is 8.96. The van der Waals surface area contributed by atoms with Gasteiger partial charge < -0.3 is 14.6 Å². The van der Waals surface area contributed by atoms with Crippen LogP contribution in [0.25, 0.3) is 0 Å². The van der Waals surface area contributed by atoms with E-state index in [1.807, 2.05) is 12.1 Å². The maximum Gasteiger partial charge on any atom is 0.264 e. The summed E-state index contributed by atoms with van der Waals surface area (Å²) in [5.41, 5.74) is 3.53. The number of aryl methyl sites for hydroxylation is 1. The Kier molecular flexibility index (Phi) is 7.08. The number of aliphatic hydroxyl groups excluding tert-OH is 1. The minimum atomic E-state index is -3.76. The molecule has 2 aliphatic heterocycles. The summed E-state index contributed by atoms with van der Waals surface area (Å²) in [7, 11) is -3.76. The van der Waals surface area contributed by atoms with Gasteiger partial charge in [0.15, 0.2) is 0 Å². The highest BCUT2D eigenvalue weighted by atomic mass is 32.2. The average molecular weight is 460 g/mol. The minimum Gasteiger partial charge on any atom is -0.493 e. The Morgan fingerprint density at radius 3 is 2.66 bits per heavy atom. The zero-order valence-corrected chi connectivity index (χ0v) is 19.7. The van der Waals surface area contributed by atoms with Crippen molar-refractivity contribution in [2.75, 3.05) is 30.7 Å². The van der Waals surface area contributed by atoms with Gasteiger partial charge in [0.25, 0.3) is 10.0 Å². The molecule has 2 aromatic carbocycles. The summed E-state index contributed by atoms with van der Waals surface area (Å²) in [5.74, 6) is 1.18. The van der Waals surface area contributed by atoms with Crippen LogP contribution in [-0.4, -0.2) is 39.9 Å². The maximum atomic E-state index is 13.6. The van der Waals surface area contributed by atoms with Crippen molar-refractivity contribution in [3.63, 3.8) is 0 Å². The lowest BCUT2D eigenvalue weighted by molar-refractivity contribution is 0.0494. The summed E-state index contributed by atoms with van der Waals surface area (Å²) >= 11 is 0. The summed E-state index contributed by atoms with van der Waals surface area (Å²) in [6.45, 7) is 6.37. The van der Waals surface area contributed by atoms with Crippen LogP contribution in [0.3, 0.4) is 0 Å². The number of aliphatic hydroxyl groups is 1.